The number of phenols is 1. The highest BCUT2D eigenvalue weighted by atomic mass is 19.1. The molecule has 0 aliphatic carbocycles. The summed E-state index contributed by atoms with van der Waals surface area (Å²) in [4.78, 5) is 12.3. The van der Waals surface area contributed by atoms with Crippen molar-refractivity contribution in [3.63, 3.8) is 0 Å². The molecular formula is C16H11FO4. The summed E-state index contributed by atoms with van der Waals surface area (Å²) in [6.45, 7) is 1.64. The van der Waals surface area contributed by atoms with Gasteiger partial charge in [0, 0.05) is 5.56 Å². The molecule has 3 aromatic rings. The van der Waals surface area contributed by atoms with Gasteiger partial charge < -0.3 is 14.3 Å². The van der Waals surface area contributed by atoms with Gasteiger partial charge in [0.1, 0.15) is 17.6 Å². The van der Waals surface area contributed by atoms with Gasteiger partial charge in [-0.25, -0.2) is 4.39 Å². The minimum absolute atomic E-state index is 0.0356. The fourth-order valence-corrected chi connectivity index (χ4v) is 2.03. The Morgan fingerprint density at radius 1 is 1.14 bits per heavy atom. The molecule has 1 heterocycles. The number of aryl methyl sites for hydroxylation is 1. The minimum Gasteiger partial charge on any atom is -0.508 e. The standard InChI is InChI=1S/C16H11FO4/c1-9-12(18)7-6-10-15(19)14(8-20-16(9)10)21-13-5-3-2-4-11(13)17/h2-8,18H,1H3. The van der Waals surface area contributed by atoms with Crippen LogP contribution in [0.3, 0.4) is 0 Å². The first-order chi connectivity index (χ1) is 10.1. The van der Waals surface area contributed by atoms with E-state index < -0.39 is 11.2 Å². The fourth-order valence-electron chi connectivity index (χ4n) is 2.03. The highest BCUT2D eigenvalue weighted by molar-refractivity contribution is 5.82. The number of rotatable bonds is 2. The SMILES string of the molecule is Cc1c(O)ccc2c(=O)c(Oc3ccccc3F)coc12. The van der Waals surface area contributed by atoms with Crippen LogP contribution >= 0.6 is 0 Å². The van der Waals surface area contributed by atoms with Crippen LogP contribution in [0, 0.1) is 12.7 Å². The first kappa shape index (κ1) is 13.2. The highest BCUT2D eigenvalue weighted by Crippen LogP contribution is 2.28. The number of aromatic hydroxyl groups is 1. The van der Waals surface area contributed by atoms with E-state index >= 15 is 0 Å². The maximum Gasteiger partial charge on any atom is 0.235 e. The van der Waals surface area contributed by atoms with E-state index in [0.717, 1.165) is 6.26 Å². The van der Waals surface area contributed by atoms with Crippen molar-refractivity contribution in [1.29, 1.82) is 0 Å². The van der Waals surface area contributed by atoms with Crippen LogP contribution < -0.4 is 10.2 Å². The Morgan fingerprint density at radius 2 is 1.90 bits per heavy atom. The molecule has 0 atom stereocenters. The van der Waals surface area contributed by atoms with Crippen molar-refractivity contribution in [3.8, 4) is 17.2 Å². The number of benzene rings is 2. The molecule has 0 aliphatic heterocycles. The normalized spacial score (nSPS) is 10.8. The van der Waals surface area contributed by atoms with Crippen LogP contribution in [0.2, 0.25) is 0 Å². The van der Waals surface area contributed by atoms with Gasteiger partial charge in [0.05, 0.1) is 5.39 Å². The topological polar surface area (TPSA) is 59.7 Å². The number of ether oxygens (including phenoxy) is 1. The Labute approximate surface area is 119 Å². The first-order valence-electron chi connectivity index (χ1n) is 6.24. The molecule has 1 N–H and O–H groups in total. The first-order valence-corrected chi connectivity index (χ1v) is 6.24. The zero-order chi connectivity index (χ0) is 15.0. The molecule has 0 radical (unpaired) electrons. The van der Waals surface area contributed by atoms with Crippen LogP contribution in [-0.2, 0) is 0 Å². The van der Waals surface area contributed by atoms with Crippen LogP contribution in [0.4, 0.5) is 4.39 Å². The van der Waals surface area contributed by atoms with Gasteiger partial charge in [-0.3, -0.25) is 4.79 Å². The molecule has 1 aromatic heterocycles. The van der Waals surface area contributed by atoms with E-state index in [4.69, 9.17) is 9.15 Å². The lowest BCUT2D eigenvalue weighted by atomic mass is 10.1. The second-order valence-corrected chi connectivity index (χ2v) is 4.55. The second kappa shape index (κ2) is 4.94. The van der Waals surface area contributed by atoms with Crippen molar-refractivity contribution < 1.29 is 18.7 Å². The van der Waals surface area contributed by atoms with Gasteiger partial charge in [0.15, 0.2) is 11.6 Å². The summed E-state index contributed by atoms with van der Waals surface area (Å²) in [5.74, 6) is -0.704. The van der Waals surface area contributed by atoms with E-state index in [1.807, 2.05) is 0 Å². The Morgan fingerprint density at radius 3 is 2.67 bits per heavy atom. The number of fused-ring (bicyclic) bond motifs is 1. The van der Waals surface area contributed by atoms with E-state index in [1.54, 1.807) is 13.0 Å². The largest absolute Gasteiger partial charge is 0.508 e. The molecule has 0 saturated carbocycles. The summed E-state index contributed by atoms with van der Waals surface area (Å²) < 4.78 is 24.2. The average Bonchev–Trinajstić information content (AvgIpc) is 2.48. The van der Waals surface area contributed by atoms with Crippen LogP contribution in [0.15, 0.2) is 51.9 Å². The maximum absolute atomic E-state index is 13.5. The van der Waals surface area contributed by atoms with E-state index in [2.05, 4.69) is 0 Å². The third-order valence-electron chi connectivity index (χ3n) is 3.19. The van der Waals surface area contributed by atoms with Gasteiger partial charge in [0.25, 0.3) is 0 Å². The minimum atomic E-state index is -0.570. The van der Waals surface area contributed by atoms with Crippen molar-refractivity contribution >= 4 is 11.0 Å². The molecular weight excluding hydrogens is 275 g/mol. The van der Waals surface area contributed by atoms with E-state index in [0.29, 0.717) is 5.56 Å². The van der Waals surface area contributed by atoms with Gasteiger partial charge in [-0.05, 0) is 31.2 Å². The fraction of sp³-hybridized carbons (Fsp3) is 0.0625. The molecule has 0 saturated heterocycles. The van der Waals surface area contributed by atoms with Gasteiger partial charge in [-0.15, -0.1) is 0 Å². The summed E-state index contributed by atoms with van der Waals surface area (Å²) in [6.07, 6.45) is 1.11. The lowest BCUT2D eigenvalue weighted by Gasteiger charge is -2.07. The molecule has 0 spiro atoms. The summed E-state index contributed by atoms with van der Waals surface area (Å²) in [6, 6.07) is 8.63. The summed E-state index contributed by atoms with van der Waals surface area (Å²) in [5, 5.41) is 9.87. The van der Waals surface area contributed by atoms with E-state index in [9.17, 15) is 14.3 Å². The van der Waals surface area contributed by atoms with Gasteiger partial charge in [-0.2, -0.15) is 0 Å². The third kappa shape index (κ3) is 2.23. The van der Waals surface area contributed by atoms with Crippen molar-refractivity contribution in [3.05, 3.63) is 64.3 Å². The molecule has 0 aliphatic rings. The number of para-hydroxylation sites is 1. The molecule has 2 aromatic carbocycles. The van der Waals surface area contributed by atoms with Crippen LogP contribution in [-0.4, -0.2) is 5.11 Å². The number of hydrogen-bond donors (Lipinski definition) is 1. The van der Waals surface area contributed by atoms with Crippen molar-refractivity contribution in [2.24, 2.45) is 0 Å². The molecule has 0 amide bonds. The van der Waals surface area contributed by atoms with Crippen LogP contribution in [0.25, 0.3) is 11.0 Å². The van der Waals surface area contributed by atoms with Crippen molar-refractivity contribution in [2.45, 2.75) is 6.92 Å². The Bertz CT molecular complexity index is 883. The highest BCUT2D eigenvalue weighted by Gasteiger charge is 2.13. The van der Waals surface area contributed by atoms with Gasteiger partial charge in [-0.1, -0.05) is 12.1 Å². The van der Waals surface area contributed by atoms with Gasteiger partial charge >= 0.3 is 0 Å². The number of phenolic OH excluding ortho intramolecular Hbond substituents is 1. The zero-order valence-electron chi connectivity index (χ0n) is 11.1. The lowest BCUT2D eigenvalue weighted by Crippen LogP contribution is -2.06. The van der Waals surface area contributed by atoms with Crippen LogP contribution in [0.5, 0.6) is 17.2 Å². The molecule has 106 valence electrons. The van der Waals surface area contributed by atoms with E-state index in [1.165, 1.54) is 30.3 Å². The predicted molar refractivity (Wildman–Crippen MR) is 75.4 cm³/mol. The monoisotopic (exact) mass is 286 g/mol. The molecule has 0 fully saturated rings. The summed E-state index contributed by atoms with van der Waals surface area (Å²) in [7, 11) is 0. The maximum atomic E-state index is 13.5. The van der Waals surface area contributed by atoms with Crippen LogP contribution in [0.1, 0.15) is 5.56 Å². The van der Waals surface area contributed by atoms with Crippen molar-refractivity contribution in [2.75, 3.05) is 0 Å². The molecule has 21 heavy (non-hydrogen) atoms. The van der Waals surface area contributed by atoms with E-state index in [-0.39, 0.29) is 28.2 Å². The quantitative estimate of drug-likeness (QED) is 0.779. The Balaban J connectivity index is 2.14. The summed E-state index contributed by atoms with van der Waals surface area (Å²) >= 11 is 0. The zero-order valence-corrected chi connectivity index (χ0v) is 11.1. The third-order valence-corrected chi connectivity index (χ3v) is 3.19. The lowest BCUT2D eigenvalue weighted by molar-refractivity contribution is 0.421. The number of halogens is 1. The van der Waals surface area contributed by atoms with Crippen molar-refractivity contribution in [1.82, 2.24) is 0 Å². The molecule has 0 unspecified atom stereocenters. The molecule has 0 bridgehead atoms. The summed E-state index contributed by atoms with van der Waals surface area (Å²) in [5.41, 5.74) is 0.311. The second-order valence-electron chi connectivity index (χ2n) is 4.55. The number of hydrogen-bond acceptors (Lipinski definition) is 4. The Kier molecular flexibility index (Phi) is 3.10. The van der Waals surface area contributed by atoms with Gasteiger partial charge in [0.2, 0.25) is 11.2 Å². The molecule has 5 heteroatoms. The Hall–Kier alpha value is -2.82. The predicted octanol–water partition coefficient (Wildman–Crippen LogP) is 3.74. The smallest absolute Gasteiger partial charge is 0.235 e. The molecule has 3 rings (SSSR count). The molecule has 4 nitrogen and oxygen atoms in total. The average molecular weight is 286 g/mol.